The molecule has 0 bridgehead atoms. The van der Waals surface area contributed by atoms with Gasteiger partial charge in [-0.2, -0.15) is 5.10 Å². The second-order valence-electron chi connectivity index (χ2n) is 4.62. The molecule has 0 radical (unpaired) electrons. The minimum absolute atomic E-state index is 0.158. The summed E-state index contributed by atoms with van der Waals surface area (Å²) in [4.78, 5) is 11.8. The van der Waals surface area contributed by atoms with E-state index in [1.807, 2.05) is 18.3 Å². The predicted octanol–water partition coefficient (Wildman–Crippen LogP) is 3.75. The minimum Gasteiger partial charge on any atom is -0.267 e. The van der Waals surface area contributed by atoms with Crippen LogP contribution in [0.25, 0.3) is 0 Å². The summed E-state index contributed by atoms with van der Waals surface area (Å²) in [5, 5.41) is 4.06. The van der Waals surface area contributed by atoms with Crippen LogP contribution in [0.15, 0.2) is 33.8 Å². The zero-order valence-electron chi connectivity index (χ0n) is 10.2. The molecule has 1 aromatic carbocycles. The number of rotatable bonds is 3. The first-order valence-electron chi connectivity index (χ1n) is 6.35. The Morgan fingerprint density at radius 3 is 2.56 bits per heavy atom. The fraction of sp³-hybridized carbons (Fsp3) is 0.429. The maximum atomic E-state index is 11.8. The molecule has 0 heterocycles. The molecule has 0 saturated heterocycles. The van der Waals surface area contributed by atoms with Crippen molar-refractivity contribution in [2.45, 2.75) is 32.1 Å². The molecule has 1 aliphatic carbocycles. The number of carbonyl (C=O) groups is 1. The standard InChI is InChI=1S/C14H17BrN2O/c15-13-8-6-12(7-9-13)14(18)17-16-10-11-4-2-1-3-5-11/h6-11H,1-5H2,(H,17,18). The van der Waals surface area contributed by atoms with Gasteiger partial charge in [-0.25, -0.2) is 5.43 Å². The molecule has 1 amide bonds. The number of halogens is 1. The van der Waals surface area contributed by atoms with Crippen LogP contribution in [-0.2, 0) is 0 Å². The van der Waals surface area contributed by atoms with Crippen LogP contribution in [0.5, 0.6) is 0 Å². The molecule has 1 aliphatic rings. The van der Waals surface area contributed by atoms with Gasteiger partial charge in [-0.15, -0.1) is 0 Å². The van der Waals surface area contributed by atoms with Crippen LogP contribution < -0.4 is 5.43 Å². The summed E-state index contributed by atoms with van der Waals surface area (Å²) < 4.78 is 0.963. The molecule has 1 aromatic rings. The van der Waals surface area contributed by atoms with Crippen molar-refractivity contribution in [2.24, 2.45) is 11.0 Å². The molecule has 18 heavy (non-hydrogen) atoms. The van der Waals surface area contributed by atoms with Crippen LogP contribution >= 0.6 is 15.9 Å². The summed E-state index contributed by atoms with van der Waals surface area (Å²) in [5.41, 5.74) is 3.20. The van der Waals surface area contributed by atoms with E-state index in [1.54, 1.807) is 12.1 Å². The van der Waals surface area contributed by atoms with Gasteiger partial charge in [0.2, 0.25) is 0 Å². The SMILES string of the molecule is O=C(NN=CC1CCCCC1)c1ccc(Br)cc1. The van der Waals surface area contributed by atoms with E-state index >= 15 is 0 Å². The van der Waals surface area contributed by atoms with Crippen molar-refractivity contribution in [3.8, 4) is 0 Å². The van der Waals surface area contributed by atoms with Crippen LogP contribution in [0.3, 0.4) is 0 Å². The van der Waals surface area contributed by atoms with E-state index in [2.05, 4.69) is 26.5 Å². The van der Waals surface area contributed by atoms with Gasteiger partial charge < -0.3 is 0 Å². The lowest BCUT2D eigenvalue weighted by Gasteiger charge is -2.16. The molecular weight excluding hydrogens is 292 g/mol. The first kappa shape index (κ1) is 13.3. The third kappa shape index (κ3) is 3.95. The molecule has 4 heteroatoms. The fourth-order valence-electron chi connectivity index (χ4n) is 2.15. The smallest absolute Gasteiger partial charge is 0.267 e. The highest BCUT2D eigenvalue weighted by atomic mass is 79.9. The second-order valence-corrected chi connectivity index (χ2v) is 5.54. The maximum Gasteiger partial charge on any atom is 0.271 e. The number of hydrogen-bond donors (Lipinski definition) is 1. The van der Waals surface area contributed by atoms with Crippen molar-refractivity contribution in [3.05, 3.63) is 34.3 Å². The summed E-state index contributed by atoms with van der Waals surface area (Å²) in [5.74, 6) is 0.374. The third-order valence-electron chi connectivity index (χ3n) is 3.21. The molecule has 0 aromatic heterocycles. The van der Waals surface area contributed by atoms with Crippen molar-refractivity contribution in [1.29, 1.82) is 0 Å². The Kier molecular flexibility index (Phi) is 4.93. The summed E-state index contributed by atoms with van der Waals surface area (Å²) >= 11 is 3.34. The lowest BCUT2D eigenvalue weighted by atomic mass is 9.90. The minimum atomic E-state index is -0.158. The van der Waals surface area contributed by atoms with Crippen molar-refractivity contribution in [2.75, 3.05) is 0 Å². The Morgan fingerprint density at radius 2 is 1.89 bits per heavy atom. The van der Waals surface area contributed by atoms with Crippen molar-refractivity contribution in [3.63, 3.8) is 0 Å². The van der Waals surface area contributed by atoms with Gasteiger partial charge in [0.15, 0.2) is 0 Å². The van der Waals surface area contributed by atoms with Gasteiger partial charge in [0.25, 0.3) is 5.91 Å². The van der Waals surface area contributed by atoms with Crippen molar-refractivity contribution in [1.82, 2.24) is 5.43 Å². The lowest BCUT2D eigenvalue weighted by Crippen LogP contribution is -2.19. The fourth-order valence-corrected chi connectivity index (χ4v) is 2.41. The number of amides is 1. The first-order valence-corrected chi connectivity index (χ1v) is 7.14. The van der Waals surface area contributed by atoms with Crippen LogP contribution in [0.2, 0.25) is 0 Å². The highest BCUT2D eigenvalue weighted by molar-refractivity contribution is 9.10. The molecule has 1 fully saturated rings. The van der Waals surface area contributed by atoms with E-state index in [-0.39, 0.29) is 5.91 Å². The maximum absolute atomic E-state index is 11.8. The van der Waals surface area contributed by atoms with Gasteiger partial charge in [-0.05, 0) is 43.0 Å². The number of carbonyl (C=O) groups excluding carboxylic acids is 1. The van der Waals surface area contributed by atoms with E-state index in [4.69, 9.17) is 0 Å². The van der Waals surface area contributed by atoms with Gasteiger partial charge >= 0.3 is 0 Å². The topological polar surface area (TPSA) is 41.5 Å². The van der Waals surface area contributed by atoms with Gasteiger partial charge in [-0.3, -0.25) is 4.79 Å². The number of hydrazone groups is 1. The largest absolute Gasteiger partial charge is 0.271 e. The molecule has 1 saturated carbocycles. The summed E-state index contributed by atoms with van der Waals surface area (Å²) in [7, 11) is 0. The van der Waals surface area contributed by atoms with Crippen LogP contribution in [0.1, 0.15) is 42.5 Å². The predicted molar refractivity (Wildman–Crippen MR) is 76.7 cm³/mol. The monoisotopic (exact) mass is 308 g/mol. The highest BCUT2D eigenvalue weighted by Gasteiger charge is 2.11. The summed E-state index contributed by atoms with van der Waals surface area (Å²) in [6.45, 7) is 0. The van der Waals surface area contributed by atoms with Crippen LogP contribution in [0.4, 0.5) is 0 Å². The molecule has 3 nitrogen and oxygen atoms in total. The van der Waals surface area contributed by atoms with Gasteiger partial charge in [0.1, 0.15) is 0 Å². The number of nitrogens with one attached hydrogen (secondary N) is 1. The van der Waals surface area contributed by atoms with Crippen molar-refractivity contribution < 1.29 is 4.79 Å². The van der Waals surface area contributed by atoms with E-state index < -0.39 is 0 Å². The first-order chi connectivity index (χ1) is 8.75. The average Bonchev–Trinajstić information content (AvgIpc) is 2.40. The molecule has 0 aliphatic heterocycles. The van der Waals surface area contributed by atoms with Crippen molar-refractivity contribution >= 4 is 28.1 Å². The molecular formula is C14H17BrN2O. The third-order valence-corrected chi connectivity index (χ3v) is 3.74. The van der Waals surface area contributed by atoms with E-state index in [0.717, 1.165) is 4.47 Å². The summed E-state index contributed by atoms with van der Waals surface area (Å²) in [6.07, 6.45) is 8.15. The van der Waals surface area contributed by atoms with Crippen LogP contribution in [0, 0.1) is 5.92 Å². The Labute approximate surface area is 116 Å². The highest BCUT2D eigenvalue weighted by Crippen LogP contribution is 2.21. The van der Waals surface area contributed by atoms with E-state index in [1.165, 1.54) is 32.1 Å². The zero-order chi connectivity index (χ0) is 12.8. The lowest BCUT2D eigenvalue weighted by molar-refractivity contribution is 0.0955. The van der Waals surface area contributed by atoms with Gasteiger partial charge in [0.05, 0.1) is 0 Å². The average molecular weight is 309 g/mol. The number of hydrogen-bond acceptors (Lipinski definition) is 2. The molecule has 2 rings (SSSR count). The Balaban J connectivity index is 1.83. The second kappa shape index (κ2) is 6.69. The molecule has 96 valence electrons. The quantitative estimate of drug-likeness (QED) is 0.670. The van der Waals surface area contributed by atoms with E-state index in [0.29, 0.717) is 11.5 Å². The Hall–Kier alpha value is -1.16. The molecule has 0 spiro atoms. The van der Waals surface area contributed by atoms with Crippen LogP contribution in [-0.4, -0.2) is 12.1 Å². The molecule has 1 N–H and O–H groups in total. The normalized spacial score (nSPS) is 16.9. The van der Waals surface area contributed by atoms with Gasteiger partial charge in [-0.1, -0.05) is 35.2 Å². The zero-order valence-corrected chi connectivity index (χ0v) is 11.8. The van der Waals surface area contributed by atoms with E-state index in [9.17, 15) is 4.79 Å². The molecule has 0 atom stereocenters. The van der Waals surface area contributed by atoms with Gasteiger partial charge in [0, 0.05) is 16.3 Å². The Morgan fingerprint density at radius 1 is 1.22 bits per heavy atom. The molecule has 0 unspecified atom stereocenters. The number of benzene rings is 1. The number of nitrogens with zero attached hydrogens (tertiary/aromatic N) is 1. The Bertz CT molecular complexity index is 422. The summed E-state index contributed by atoms with van der Waals surface area (Å²) in [6, 6.07) is 7.24.